The maximum absolute atomic E-state index is 13.2. The number of hydrogen-bond donors (Lipinski definition) is 2. The third-order valence-corrected chi connectivity index (χ3v) is 7.55. The Hall–Kier alpha value is -2.58. The number of carbonyl (C=O) groups is 1. The minimum atomic E-state index is -3.94. The van der Waals surface area contributed by atoms with Crippen molar-refractivity contribution in [1.82, 2.24) is 4.72 Å². The van der Waals surface area contributed by atoms with Crippen LogP contribution in [0.25, 0.3) is 0 Å². The second kappa shape index (κ2) is 11.5. The van der Waals surface area contributed by atoms with Gasteiger partial charge in [0.15, 0.2) is 0 Å². The SMILES string of the molecule is CCOC(=O)[C@H](NS(=O)(=O)c1ccc(C)cc1)[C@@H](Nc1ccc(OC)cc1)C1CCCCC1. The second-order valence-electron chi connectivity index (χ2n) is 8.46. The van der Waals surface area contributed by atoms with Crippen LogP contribution >= 0.6 is 0 Å². The van der Waals surface area contributed by atoms with Crippen LogP contribution in [0.5, 0.6) is 5.75 Å². The maximum atomic E-state index is 13.2. The van der Waals surface area contributed by atoms with E-state index in [1.54, 1.807) is 38.3 Å². The first-order chi connectivity index (χ1) is 15.8. The Kier molecular flexibility index (Phi) is 8.74. The average molecular weight is 475 g/mol. The molecule has 180 valence electrons. The fourth-order valence-electron chi connectivity index (χ4n) is 4.30. The molecule has 2 aromatic carbocycles. The van der Waals surface area contributed by atoms with Gasteiger partial charge in [0.25, 0.3) is 0 Å². The molecule has 1 saturated carbocycles. The minimum Gasteiger partial charge on any atom is -0.497 e. The number of esters is 1. The third-order valence-electron chi connectivity index (χ3n) is 6.09. The van der Waals surface area contributed by atoms with Gasteiger partial charge in [-0.05, 0) is 69.0 Å². The van der Waals surface area contributed by atoms with Crippen LogP contribution in [0.15, 0.2) is 53.4 Å². The number of benzene rings is 2. The summed E-state index contributed by atoms with van der Waals surface area (Å²) >= 11 is 0. The van der Waals surface area contributed by atoms with E-state index in [-0.39, 0.29) is 17.4 Å². The number of ether oxygens (including phenoxy) is 2. The van der Waals surface area contributed by atoms with Crippen molar-refractivity contribution in [1.29, 1.82) is 0 Å². The van der Waals surface area contributed by atoms with Crippen LogP contribution in [0.1, 0.15) is 44.6 Å². The van der Waals surface area contributed by atoms with Gasteiger partial charge in [0, 0.05) is 5.69 Å². The largest absolute Gasteiger partial charge is 0.497 e. The van der Waals surface area contributed by atoms with Crippen molar-refractivity contribution in [2.24, 2.45) is 5.92 Å². The Balaban J connectivity index is 1.95. The number of hydrogen-bond acceptors (Lipinski definition) is 6. The molecule has 2 N–H and O–H groups in total. The number of nitrogens with one attached hydrogen (secondary N) is 2. The minimum absolute atomic E-state index is 0.120. The smallest absolute Gasteiger partial charge is 0.326 e. The molecule has 8 heteroatoms. The van der Waals surface area contributed by atoms with Crippen LogP contribution in [0.4, 0.5) is 5.69 Å². The molecule has 2 aromatic rings. The summed E-state index contributed by atoms with van der Waals surface area (Å²) in [5, 5.41) is 3.44. The highest BCUT2D eigenvalue weighted by molar-refractivity contribution is 7.89. The molecule has 0 radical (unpaired) electrons. The molecule has 0 saturated heterocycles. The molecule has 33 heavy (non-hydrogen) atoms. The van der Waals surface area contributed by atoms with Gasteiger partial charge in [0.2, 0.25) is 10.0 Å². The third kappa shape index (κ3) is 6.71. The van der Waals surface area contributed by atoms with Gasteiger partial charge in [-0.3, -0.25) is 4.79 Å². The van der Waals surface area contributed by atoms with Crippen LogP contribution in [-0.4, -0.2) is 40.2 Å². The molecule has 0 unspecified atom stereocenters. The van der Waals surface area contributed by atoms with Crippen LogP contribution in [0, 0.1) is 12.8 Å². The number of methoxy groups -OCH3 is 1. The van der Waals surface area contributed by atoms with Crippen LogP contribution in [0.2, 0.25) is 0 Å². The molecule has 1 aliphatic rings. The monoisotopic (exact) mass is 474 g/mol. The lowest BCUT2D eigenvalue weighted by Gasteiger charge is -2.36. The first kappa shape index (κ1) is 25.1. The van der Waals surface area contributed by atoms with Crippen molar-refractivity contribution in [2.75, 3.05) is 19.0 Å². The molecule has 1 aliphatic carbocycles. The highest BCUT2D eigenvalue weighted by atomic mass is 32.2. The Labute approximate surface area is 196 Å². The van der Waals surface area contributed by atoms with Gasteiger partial charge in [0.05, 0.1) is 24.7 Å². The zero-order valence-corrected chi connectivity index (χ0v) is 20.4. The van der Waals surface area contributed by atoms with Crippen LogP contribution in [-0.2, 0) is 19.6 Å². The molecular formula is C25H34N2O5S. The quantitative estimate of drug-likeness (QED) is 0.500. The van der Waals surface area contributed by atoms with E-state index in [4.69, 9.17) is 9.47 Å². The molecule has 1 fully saturated rings. The normalized spacial score (nSPS) is 16.6. The van der Waals surface area contributed by atoms with Gasteiger partial charge in [-0.1, -0.05) is 37.0 Å². The fourth-order valence-corrected chi connectivity index (χ4v) is 5.51. The molecule has 0 heterocycles. The summed E-state index contributed by atoms with van der Waals surface area (Å²) < 4.78 is 39.7. The van der Waals surface area contributed by atoms with Crippen molar-refractivity contribution >= 4 is 21.7 Å². The zero-order chi connectivity index (χ0) is 23.8. The summed E-state index contributed by atoms with van der Waals surface area (Å²) in [6.07, 6.45) is 5.06. The van der Waals surface area contributed by atoms with Gasteiger partial charge in [0.1, 0.15) is 11.8 Å². The second-order valence-corrected chi connectivity index (χ2v) is 10.2. The van der Waals surface area contributed by atoms with E-state index in [0.717, 1.165) is 49.1 Å². The molecule has 0 spiro atoms. The molecule has 0 aromatic heterocycles. The first-order valence-electron chi connectivity index (χ1n) is 11.5. The molecule has 7 nitrogen and oxygen atoms in total. The van der Waals surface area contributed by atoms with E-state index in [9.17, 15) is 13.2 Å². The molecule has 3 rings (SSSR count). The average Bonchev–Trinajstić information content (AvgIpc) is 2.82. The first-order valence-corrected chi connectivity index (χ1v) is 13.0. The van der Waals surface area contributed by atoms with E-state index in [2.05, 4.69) is 10.0 Å². The molecule has 2 atom stereocenters. The van der Waals surface area contributed by atoms with Crippen molar-refractivity contribution in [3.05, 3.63) is 54.1 Å². The lowest BCUT2D eigenvalue weighted by molar-refractivity contribution is -0.146. The van der Waals surface area contributed by atoms with E-state index in [0.29, 0.717) is 0 Å². The van der Waals surface area contributed by atoms with E-state index >= 15 is 0 Å². The Morgan fingerprint density at radius 1 is 1.03 bits per heavy atom. The molecule has 0 aliphatic heterocycles. The topological polar surface area (TPSA) is 93.7 Å². The van der Waals surface area contributed by atoms with Crippen molar-refractivity contribution in [3.8, 4) is 5.75 Å². The predicted octanol–water partition coefficient (Wildman–Crippen LogP) is 4.27. The van der Waals surface area contributed by atoms with E-state index in [1.807, 2.05) is 31.2 Å². The van der Waals surface area contributed by atoms with Gasteiger partial charge < -0.3 is 14.8 Å². The lowest BCUT2D eigenvalue weighted by atomic mass is 9.81. The predicted molar refractivity (Wildman–Crippen MR) is 129 cm³/mol. The standard InChI is InChI=1S/C25H34N2O5S/c1-4-32-25(28)24(27-33(29,30)22-16-10-18(2)11-17-22)23(19-8-6-5-7-9-19)26-20-12-14-21(31-3)15-13-20/h10-17,19,23-24,26-27H,4-9H2,1-3H3/t23-,24+/m0/s1. The summed E-state index contributed by atoms with van der Waals surface area (Å²) in [6, 6.07) is 12.4. The van der Waals surface area contributed by atoms with Gasteiger partial charge in [-0.2, -0.15) is 4.72 Å². The Morgan fingerprint density at radius 3 is 2.24 bits per heavy atom. The summed E-state index contributed by atoms with van der Waals surface area (Å²) in [5.41, 5.74) is 1.74. The Morgan fingerprint density at radius 2 is 1.67 bits per heavy atom. The summed E-state index contributed by atoms with van der Waals surface area (Å²) in [5.74, 6) is 0.262. The number of rotatable bonds is 10. The number of sulfonamides is 1. The van der Waals surface area contributed by atoms with Gasteiger partial charge in [-0.25, -0.2) is 8.42 Å². The molecular weight excluding hydrogens is 440 g/mol. The zero-order valence-electron chi connectivity index (χ0n) is 19.5. The summed E-state index contributed by atoms with van der Waals surface area (Å²) in [6.45, 7) is 3.78. The summed E-state index contributed by atoms with van der Waals surface area (Å²) in [7, 11) is -2.34. The highest BCUT2D eigenvalue weighted by Gasteiger charge is 2.39. The fraction of sp³-hybridized carbons (Fsp3) is 0.480. The molecule has 0 amide bonds. The van der Waals surface area contributed by atoms with Gasteiger partial charge in [-0.15, -0.1) is 0 Å². The van der Waals surface area contributed by atoms with Crippen LogP contribution in [0.3, 0.4) is 0 Å². The molecule has 0 bridgehead atoms. The van der Waals surface area contributed by atoms with Crippen molar-refractivity contribution < 1.29 is 22.7 Å². The van der Waals surface area contributed by atoms with Crippen LogP contribution < -0.4 is 14.8 Å². The van der Waals surface area contributed by atoms with E-state index < -0.39 is 28.1 Å². The number of aryl methyl sites for hydroxylation is 1. The number of carbonyl (C=O) groups excluding carboxylic acids is 1. The highest BCUT2D eigenvalue weighted by Crippen LogP contribution is 2.31. The Bertz CT molecular complexity index is 1000. The summed E-state index contributed by atoms with van der Waals surface area (Å²) in [4.78, 5) is 13.2. The maximum Gasteiger partial charge on any atom is 0.326 e. The van der Waals surface area contributed by atoms with Gasteiger partial charge >= 0.3 is 5.97 Å². The van der Waals surface area contributed by atoms with Crippen molar-refractivity contribution in [2.45, 2.75) is 62.9 Å². The lowest BCUT2D eigenvalue weighted by Crippen LogP contribution is -2.55. The van der Waals surface area contributed by atoms with Crippen molar-refractivity contribution in [3.63, 3.8) is 0 Å². The number of anilines is 1. The van der Waals surface area contributed by atoms with E-state index in [1.165, 1.54) is 0 Å².